The Balaban J connectivity index is 3.38. The fourth-order valence-electron chi connectivity index (χ4n) is 0.929. The van der Waals surface area contributed by atoms with Gasteiger partial charge in [0, 0.05) is 4.47 Å². The normalized spacial score (nSPS) is 9.29. The average molecular weight is 275 g/mol. The lowest BCUT2D eigenvalue weighted by molar-refractivity contribution is 0.0601. The van der Waals surface area contributed by atoms with E-state index < -0.39 is 5.97 Å². The topological polar surface area (TPSA) is 50.1 Å². The van der Waals surface area contributed by atoms with Gasteiger partial charge in [-0.25, -0.2) is 4.79 Å². The van der Waals surface area contributed by atoms with Crippen molar-refractivity contribution in [2.45, 2.75) is 0 Å². The highest BCUT2D eigenvalue weighted by Crippen LogP contribution is 2.26. The first-order valence-electron chi connectivity index (χ1n) is 3.57. The van der Waals surface area contributed by atoms with Gasteiger partial charge in [-0.1, -0.05) is 27.5 Å². The van der Waals surface area contributed by atoms with E-state index in [1.807, 2.05) is 6.07 Å². The maximum Gasteiger partial charge on any atom is 0.339 e. The van der Waals surface area contributed by atoms with Crippen molar-refractivity contribution in [1.29, 1.82) is 5.26 Å². The maximum atomic E-state index is 11.2. The Morgan fingerprint density at radius 2 is 2.29 bits per heavy atom. The molecule has 0 atom stereocenters. The molecule has 1 rings (SSSR count). The number of carbonyl (C=O) groups is 1. The van der Waals surface area contributed by atoms with Gasteiger partial charge in [-0.3, -0.25) is 0 Å². The number of carbonyl (C=O) groups excluding carboxylic acids is 1. The van der Waals surface area contributed by atoms with Gasteiger partial charge in [0.05, 0.1) is 23.3 Å². The highest BCUT2D eigenvalue weighted by atomic mass is 79.9. The monoisotopic (exact) mass is 273 g/mol. The Morgan fingerprint density at radius 1 is 1.64 bits per heavy atom. The molecule has 0 unspecified atom stereocenters. The SMILES string of the molecule is COC(=O)c1cc(Br)cc(C#N)c1Cl. The van der Waals surface area contributed by atoms with Crippen LogP contribution in [0.25, 0.3) is 0 Å². The highest BCUT2D eigenvalue weighted by Gasteiger charge is 2.14. The maximum absolute atomic E-state index is 11.2. The minimum absolute atomic E-state index is 0.113. The van der Waals surface area contributed by atoms with E-state index in [1.54, 1.807) is 0 Å². The largest absolute Gasteiger partial charge is 0.465 e. The van der Waals surface area contributed by atoms with Gasteiger partial charge < -0.3 is 4.74 Å². The van der Waals surface area contributed by atoms with Crippen LogP contribution < -0.4 is 0 Å². The molecule has 0 N–H and O–H groups in total. The number of nitriles is 1. The molecule has 1 aromatic carbocycles. The average Bonchev–Trinajstić information content (AvgIpc) is 2.19. The third-order valence-electron chi connectivity index (χ3n) is 1.56. The number of esters is 1. The molecule has 0 bridgehead atoms. The van der Waals surface area contributed by atoms with E-state index in [-0.39, 0.29) is 16.1 Å². The van der Waals surface area contributed by atoms with E-state index in [4.69, 9.17) is 16.9 Å². The molecule has 0 aliphatic carbocycles. The smallest absolute Gasteiger partial charge is 0.339 e. The van der Waals surface area contributed by atoms with Crippen molar-refractivity contribution in [2.24, 2.45) is 0 Å². The minimum Gasteiger partial charge on any atom is -0.465 e. The second-order valence-electron chi connectivity index (χ2n) is 2.42. The summed E-state index contributed by atoms with van der Waals surface area (Å²) in [6.45, 7) is 0. The van der Waals surface area contributed by atoms with Crippen LogP contribution in [0.3, 0.4) is 0 Å². The van der Waals surface area contributed by atoms with Gasteiger partial charge in [0.15, 0.2) is 0 Å². The predicted octanol–water partition coefficient (Wildman–Crippen LogP) is 2.76. The molecule has 0 spiro atoms. The molecule has 0 radical (unpaired) electrons. The van der Waals surface area contributed by atoms with Gasteiger partial charge in [-0.05, 0) is 12.1 Å². The molecule has 0 heterocycles. The Labute approximate surface area is 94.4 Å². The molecule has 5 heteroatoms. The summed E-state index contributed by atoms with van der Waals surface area (Å²) < 4.78 is 5.13. The first-order valence-corrected chi connectivity index (χ1v) is 4.74. The number of hydrogen-bond donors (Lipinski definition) is 0. The van der Waals surface area contributed by atoms with Gasteiger partial charge >= 0.3 is 5.97 Å². The zero-order chi connectivity index (χ0) is 10.7. The zero-order valence-corrected chi connectivity index (χ0v) is 9.52. The highest BCUT2D eigenvalue weighted by molar-refractivity contribution is 9.10. The van der Waals surface area contributed by atoms with E-state index >= 15 is 0 Å². The van der Waals surface area contributed by atoms with Crippen LogP contribution in [0.1, 0.15) is 15.9 Å². The van der Waals surface area contributed by atoms with Crippen LogP contribution in [0, 0.1) is 11.3 Å². The van der Waals surface area contributed by atoms with E-state index in [1.165, 1.54) is 19.2 Å². The quantitative estimate of drug-likeness (QED) is 0.740. The Morgan fingerprint density at radius 3 is 2.79 bits per heavy atom. The van der Waals surface area contributed by atoms with Gasteiger partial charge in [0.1, 0.15) is 6.07 Å². The van der Waals surface area contributed by atoms with Crippen LogP contribution in [-0.4, -0.2) is 13.1 Å². The van der Waals surface area contributed by atoms with Crippen molar-refractivity contribution in [1.82, 2.24) is 0 Å². The molecule has 72 valence electrons. The lowest BCUT2D eigenvalue weighted by Crippen LogP contribution is -2.03. The molecule has 0 saturated heterocycles. The van der Waals surface area contributed by atoms with Crippen molar-refractivity contribution in [3.63, 3.8) is 0 Å². The summed E-state index contributed by atoms with van der Waals surface area (Å²) in [6, 6.07) is 4.93. The van der Waals surface area contributed by atoms with E-state index in [0.29, 0.717) is 4.47 Å². The standard InChI is InChI=1S/C9H5BrClNO2/c1-14-9(13)7-3-6(10)2-5(4-12)8(7)11/h2-3H,1H3. The lowest BCUT2D eigenvalue weighted by atomic mass is 10.1. The lowest BCUT2D eigenvalue weighted by Gasteiger charge is -2.04. The van der Waals surface area contributed by atoms with E-state index in [9.17, 15) is 4.79 Å². The van der Waals surface area contributed by atoms with Crippen LogP contribution in [-0.2, 0) is 4.74 Å². The van der Waals surface area contributed by atoms with Crippen molar-refractivity contribution in [2.75, 3.05) is 7.11 Å². The van der Waals surface area contributed by atoms with Gasteiger partial charge in [-0.15, -0.1) is 0 Å². The molecule has 1 aromatic rings. The number of methoxy groups -OCH3 is 1. The first-order chi connectivity index (χ1) is 6.60. The summed E-state index contributed by atoms with van der Waals surface area (Å²) in [4.78, 5) is 11.2. The number of hydrogen-bond acceptors (Lipinski definition) is 3. The number of ether oxygens (including phenoxy) is 1. The number of halogens is 2. The number of benzene rings is 1. The van der Waals surface area contributed by atoms with Crippen LogP contribution in [0.2, 0.25) is 5.02 Å². The van der Waals surface area contributed by atoms with Gasteiger partial charge in [0.2, 0.25) is 0 Å². The Hall–Kier alpha value is -1.05. The molecular weight excluding hydrogens is 269 g/mol. The summed E-state index contributed by atoms with van der Waals surface area (Å²) in [5.74, 6) is -0.562. The second-order valence-corrected chi connectivity index (χ2v) is 3.71. The molecule has 0 amide bonds. The second kappa shape index (κ2) is 4.45. The zero-order valence-electron chi connectivity index (χ0n) is 7.17. The molecular formula is C9H5BrClNO2. The first kappa shape index (κ1) is 11.0. The molecule has 3 nitrogen and oxygen atoms in total. The summed E-state index contributed by atoms with van der Waals surface area (Å²) in [7, 11) is 1.26. The van der Waals surface area contributed by atoms with Crippen LogP contribution >= 0.6 is 27.5 Å². The molecule has 0 saturated carbocycles. The third kappa shape index (κ3) is 2.06. The van der Waals surface area contributed by atoms with Gasteiger partial charge in [-0.2, -0.15) is 5.26 Å². The van der Waals surface area contributed by atoms with Crippen LogP contribution in [0.4, 0.5) is 0 Å². The summed E-state index contributed by atoms with van der Waals surface area (Å²) >= 11 is 8.98. The van der Waals surface area contributed by atoms with Gasteiger partial charge in [0.25, 0.3) is 0 Å². The van der Waals surface area contributed by atoms with Crippen molar-refractivity contribution in [3.8, 4) is 6.07 Å². The molecule has 0 fully saturated rings. The Bertz CT molecular complexity index is 426. The van der Waals surface area contributed by atoms with Crippen LogP contribution in [0.15, 0.2) is 16.6 Å². The third-order valence-corrected chi connectivity index (χ3v) is 2.43. The fraction of sp³-hybridized carbons (Fsp3) is 0.111. The molecule has 0 aliphatic heterocycles. The Kier molecular flexibility index (Phi) is 3.50. The van der Waals surface area contributed by atoms with Crippen molar-refractivity contribution >= 4 is 33.5 Å². The van der Waals surface area contributed by atoms with Crippen LogP contribution in [0.5, 0.6) is 0 Å². The van der Waals surface area contributed by atoms with Crippen molar-refractivity contribution < 1.29 is 9.53 Å². The summed E-state index contributed by atoms with van der Waals surface area (Å²) in [6.07, 6.45) is 0. The van der Waals surface area contributed by atoms with E-state index in [0.717, 1.165) is 0 Å². The van der Waals surface area contributed by atoms with Crippen molar-refractivity contribution in [3.05, 3.63) is 32.8 Å². The minimum atomic E-state index is -0.562. The number of rotatable bonds is 1. The predicted molar refractivity (Wildman–Crippen MR) is 55.2 cm³/mol. The number of nitrogens with zero attached hydrogens (tertiary/aromatic N) is 1. The molecule has 14 heavy (non-hydrogen) atoms. The summed E-state index contributed by atoms with van der Waals surface area (Å²) in [5.41, 5.74) is 0.418. The summed E-state index contributed by atoms with van der Waals surface area (Å²) in [5, 5.41) is 8.83. The molecule has 0 aliphatic rings. The molecule has 0 aromatic heterocycles. The van der Waals surface area contributed by atoms with E-state index in [2.05, 4.69) is 20.7 Å². The fourth-order valence-corrected chi connectivity index (χ4v) is 1.62.